The molecule has 0 bridgehead atoms. The molecule has 0 saturated carbocycles. The van der Waals surface area contributed by atoms with Gasteiger partial charge in [-0.3, -0.25) is 19.7 Å². The van der Waals surface area contributed by atoms with Crippen molar-refractivity contribution in [2.24, 2.45) is 5.10 Å². The first-order chi connectivity index (χ1) is 13.9. The molecule has 0 aliphatic heterocycles. The van der Waals surface area contributed by atoms with E-state index in [9.17, 15) is 19.7 Å². The summed E-state index contributed by atoms with van der Waals surface area (Å²) in [5, 5.41) is 16.8. The highest BCUT2D eigenvalue weighted by molar-refractivity contribution is 6.35. The topological polar surface area (TPSA) is 132 Å². The molecular formula is C19H20N4O6. The molecule has 0 aromatic heterocycles. The maximum Gasteiger partial charge on any atom is 0.329 e. The molecule has 2 amide bonds. The molecule has 0 saturated heterocycles. The van der Waals surface area contributed by atoms with Gasteiger partial charge in [-0.1, -0.05) is 18.2 Å². The molecule has 2 aromatic carbocycles. The van der Waals surface area contributed by atoms with E-state index in [-0.39, 0.29) is 12.2 Å². The molecule has 0 heterocycles. The number of nitrogens with zero attached hydrogens (tertiary/aromatic N) is 2. The Bertz CT molecular complexity index is 929. The van der Waals surface area contributed by atoms with Crippen LogP contribution in [0.25, 0.3) is 0 Å². The number of hydrogen-bond donors (Lipinski definition) is 2. The molecule has 2 N–H and O–H groups in total. The highest BCUT2D eigenvalue weighted by Crippen LogP contribution is 2.27. The minimum Gasteiger partial charge on any atom is -0.493 e. The fraction of sp³-hybridized carbons (Fsp3) is 0.211. The lowest BCUT2D eigenvalue weighted by atomic mass is 10.1. The summed E-state index contributed by atoms with van der Waals surface area (Å²) in [6, 6.07) is 11.1. The summed E-state index contributed by atoms with van der Waals surface area (Å²) < 4.78 is 10.4. The lowest BCUT2D eigenvalue weighted by Crippen LogP contribution is -2.38. The molecule has 10 heteroatoms. The molecule has 29 heavy (non-hydrogen) atoms. The number of hydrazone groups is 1. The van der Waals surface area contributed by atoms with Crippen LogP contribution < -0.4 is 20.2 Å². The fourth-order valence-electron chi connectivity index (χ4n) is 2.37. The number of methoxy groups -OCH3 is 2. The third-order valence-electron chi connectivity index (χ3n) is 3.81. The fourth-order valence-corrected chi connectivity index (χ4v) is 2.37. The SMILES string of the molecule is COc1ccc(CCNC(=O)C(=O)N/N=C/c2cccc([N+](=O)[O-])c2)cc1OC. The van der Waals surface area contributed by atoms with E-state index in [4.69, 9.17) is 9.47 Å². The van der Waals surface area contributed by atoms with Gasteiger partial charge in [-0.25, -0.2) is 5.43 Å². The summed E-state index contributed by atoms with van der Waals surface area (Å²) in [5.41, 5.74) is 3.28. The van der Waals surface area contributed by atoms with E-state index in [0.717, 1.165) is 5.56 Å². The third kappa shape index (κ3) is 6.31. The predicted molar refractivity (Wildman–Crippen MR) is 105 cm³/mol. The Hall–Kier alpha value is -3.95. The number of rotatable bonds is 8. The second-order valence-corrected chi connectivity index (χ2v) is 5.75. The van der Waals surface area contributed by atoms with Crippen LogP contribution in [0.1, 0.15) is 11.1 Å². The van der Waals surface area contributed by atoms with Crippen LogP contribution >= 0.6 is 0 Å². The summed E-state index contributed by atoms with van der Waals surface area (Å²) in [6.07, 6.45) is 1.69. The van der Waals surface area contributed by atoms with Crippen LogP contribution in [-0.2, 0) is 16.0 Å². The molecule has 2 aromatic rings. The Labute approximate surface area is 166 Å². The van der Waals surface area contributed by atoms with Crippen LogP contribution in [-0.4, -0.2) is 43.7 Å². The normalized spacial score (nSPS) is 10.4. The summed E-state index contributed by atoms with van der Waals surface area (Å²) in [4.78, 5) is 33.7. The predicted octanol–water partition coefficient (Wildman–Crippen LogP) is 1.42. The first kappa shape index (κ1) is 21.4. The number of benzene rings is 2. The largest absolute Gasteiger partial charge is 0.493 e. The Morgan fingerprint density at radius 3 is 2.55 bits per heavy atom. The zero-order valence-corrected chi connectivity index (χ0v) is 15.9. The van der Waals surface area contributed by atoms with E-state index >= 15 is 0 Å². The molecule has 0 aliphatic carbocycles. The number of ether oxygens (including phenoxy) is 2. The molecule has 0 atom stereocenters. The van der Waals surface area contributed by atoms with E-state index in [0.29, 0.717) is 23.5 Å². The van der Waals surface area contributed by atoms with Gasteiger partial charge in [0, 0.05) is 24.2 Å². The number of amides is 2. The number of nitrogens with one attached hydrogen (secondary N) is 2. The molecule has 0 fully saturated rings. The molecule has 2 rings (SSSR count). The van der Waals surface area contributed by atoms with E-state index in [2.05, 4.69) is 15.8 Å². The van der Waals surface area contributed by atoms with E-state index in [1.54, 1.807) is 18.2 Å². The Morgan fingerprint density at radius 2 is 1.86 bits per heavy atom. The summed E-state index contributed by atoms with van der Waals surface area (Å²) in [6.45, 7) is 0.232. The van der Waals surface area contributed by atoms with Crippen LogP contribution in [0.5, 0.6) is 11.5 Å². The lowest BCUT2D eigenvalue weighted by Gasteiger charge is -2.09. The van der Waals surface area contributed by atoms with Gasteiger partial charge >= 0.3 is 11.8 Å². The Kier molecular flexibility index (Phi) is 7.66. The van der Waals surface area contributed by atoms with E-state index in [1.165, 1.54) is 38.6 Å². The van der Waals surface area contributed by atoms with Crippen molar-refractivity contribution in [1.82, 2.24) is 10.7 Å². The van der Waals surface area contributed by atoms with Gasteiger partial charge in [-0.15, -0.1) is 0 Å². The maximum absolute atomic E-state index is 11.8. The molecule has 152 valence electrons. The average Bonchev–Trinajstić information content (AvgIpc) is 2.73. The summed E-state index contributed by atoms with van der Waals surface area (Å²) in [5.74, 6) is -0.619. The summed E-state index contributed by atoms with van der Waals surface area (Å²) in [7, 11) is 3.07. The second-order valence-electron chi connectivity index (χ2n) is 5.75. The van der Waals surface area contributed by atoms with Crippen molar-refractivity contribution in [3.63, 3.8) is 0 Å². The van der Waals surface area contributed by atoms with Crippen LogP contribution in [0.15, 0.2) is 47.6 Å². The van der Waals surface area contributed by atoms with Gasteiger partial charge in [0.2, 0.25) is 0 Å². The summed E-state index contributed by atoms with van der Waals surface area (Å²) >= 11 is 0. The Morgan fingerprint density at radius 1 is 1.10 bits per heavy atom. The van der Waals surface area contributed by atoms with Crippen molar-refractivity contribution in [3.8, 4) is 11.5 Å². The van der Waals surface area contributed by atoms with Gasteiger partial charge in [0.15, 0.2) is 11.5 Å². The number of non-ortho nitro benzene ring substituents is 1. The zero-order valence-electron chi connectivity index (χ0n) is 15.9. The lowest BCUT2D eigenvalue weighted by molar-refractivity contribution is -0.384. The van der Waals surface area contributed by atoms with Crippen LogP contribution in [0.3, 0.4) is 0 Å². The van der Waals surface area contributed by atoms with E-state index in [1.807, 2.05) is 6.07 Å². The number of carbonyl (C=O) groups excluding carboxylic acids is 2. The van der Waals surface area contributed by atoms with Crippen molar-refractivity contribution >= 4 is 23.7 Å². The average molecular weight is 400 g/mol. The van der Waals surface area contributed by atoms with Crippen LogP contribution in [0.2, 0.25) is 0 Å². The van der Waals surface area contributed by atoms with Crippen LogP contribution in [0, 0.1) is 10.1 Å². The number of carbonyl (C=O) groups is 2. The number of nitro groups is 1. The van der Waals surface area contributed by atoms with Crippen molar-refractivity contribution in [3.05, 3.63) is 63.7 Å². The highest BCUT2D eigenvalue weighted by atomic mass is 16.6. The minimum atomic E-state index is -0.945. The van der Waals surface area contributed by atoms with Gasteiger partial charge in [0.05, 0.1) is 25.4 Å². The first-order valence-corrected chi connectivity index (χ1v) is 8.51. The van der Waals surface area contributed by atoms with Crippen molar-refractivity contribution in [1.29, 1.82) is 0 Å². The maximum atomic E-state index is 11.8. The van der Waals surface area contributed by atoms with Crippen molar-refractivity contribution < 1.29 is 24.0 Å². The van der Waals surface area contributed by atoms with Gasteiger partial charge in [0.1, 0.15) is 0 Å². The zero-order chi connectivity index (χ0) is 21.2. The van der Waals surface area contributed by atoms with Crippen LogP contribution in [0.4, 0.5) is 5.69 Å². The molecular weight excluding hydrogens is 380 g/mol. The molecule has 0 radical (unpaired) electrons. The second kappa shape index (κ2) is 10.4. The molecule has 0 unspecified atom stereocenters. The standard InChI is InChI=1S/C19H20N4O6/c1-28-16-7-6-13(11-17(16)29-2)8-9-20-18(24)19(25)22-21-12-14-4-3-5-15(10-14)23(26)27/h3-7,10-12H,8-9H2,1-2H3,(H,20,24)(H,22,25)/b21-12+. The molecule has 10 nitrogen and oxygen atoms in total. The van der Waals surface area contributed by atoms with Gasteiger partial charge in [-0.05, 0) is 24.1 Å². The number of nitro benzene ring substituents is 1. The monoisotopic (exact) mass is 400 g/mol. The number of hydrogen-bond acceptors (Lipinski definition) is 7. The highest BCUT2D eigenvalue weighted by Gasteiger charge is 2.12. The smallest absolute Gasteiger partial charge is 0.329 e. The van der Waals surface area contributed by atoms with Crippen molar-refractivity contribution in [2.45, 2.75) is 6.42 Å². The van der Waals surface area contributed by atoms with Gasteiger partial charge < -0.3 is 14.8 Å². The Balaban J connectivity index is 1.81. The quantitative estimate of drug-likeness (QED) is 0.298. The first-order valence-electron chi connectivity index (χ1n) is 8.51. The third-order valence-corrected chi connectivity index (χ3v) is 3.81. The molecule has 0 aliphatic rings. The van der Waals surface area contributed by atoms with E-state index < -0.39 is 16.7 Å². The minimum absolute atomic E-state index is 0.104. The van der Waals surface area contributed by atoms with Crippen molar-refractivity contribution in [2.75, 3.05) is 20.8 Å². The van der Waals surface area contributed by atoms with Gasteiger partial charge in [-0.2, -0.15) is 5.10 Å². The molecule has 0 spiro atoms. The van der Waals surface area contributed by atoms with Gasteiger partial charge in [0.25, 0.3) is 5.69 Å².